The summed E-state index contributed by atoms with van der Waals surface area (Å²) in [4.78, 5) is 14.1. The second kappa shape index (κ2) is 8.35. The van der Waals surface area contributed by atoms with E-state index in [4.69, 9.17) is 17.0 Å². The van der Waals surface area contributed by atoms with Crippen LogP contribution in [0.3, 0.4) is 0 Å². The van der Waals surface area contributed by atoms with E-state index in [2.05, 4.69) is 34.3 Å². The lowest BCUT2D eigenvalue weighted by molar-refractivity contribution is -0.131. The molecule has 3 heteroatoms. The van der Waals surface area contributed by atoms with E-state index in [9.17, 15) is 4.79 Å². The van der Waals surface area contributed by atoms with E-state index >= 15 is 0 Å². The smallest absolute Gasteiger partial charge is 0.149 e. The molecule has 2 unspecified atom stereocenters. The molecule has 0 bridgehead atoms. The largest absolute Gasteiger partial charge is 0.380 e. The van der Waals surface area contributed by atoms with Gasteiger partial charge in [-0.15, -0.1) is 0 Å². The Balaban J connectivity index is 2.94. The molecule has 0 aromatic heterocycles. The van der Waals surface area contributed by atoms with Crippen LogP contribution in [0.15, 0.2) is 12.2 Å². The van der Waals surface area contributed by atoms with Crippen molar-refractivity contribution < 1.29 is 9.53 Å². The minimum absolute atomic E-state index is 0.112. The van der Waals surface area contributed by atoms with Crippen molar-refractivity contribution in [2.75, 3.05) is 13.2 Å². The molecule has 0 aliphatic carbocycles. The lowest BCUT2D eigenvalue weighted by Crippen LogP contribution is -2.39. The zero-order valence-corrected chi connectivity index (χ0v) is 15.7. The number of Topliss-reactive ketones (excluding diaryl/α,β-unsaturated/α-hetero) is 1. The fourth-order valence-electron chi connectivity index (χ4n) is 3.06. The number of thiocarbonyl (C=S) groups is 1. The van der Waals surface area contributed by atoms with Crippen molar-refractivity contribution in [1.29, 1.82) is 0 Å². The molecule has 2 atom stereocenters. The van der Waals surface area contributed by atoms with E-state index in [1.54, 1.807) is 0 Å². The van der Waals surface area contributed by atoms with E-state index in [0.717, 1.165) is 36.1 Å². The van der Waals surface area contributed by atoms with Crippen LogP contribution in [0, 0.1) is 23.2 Å². The van der Waals surface area contributed by atoms with E-state index in [0.29, 0.717) is 30.8 Å². The van der Waals surface area contributed by atoms with Gasteiger partial charge in [0.05, 0.1) is 12.0 Å². The van der Waals surface area contributed by atoms with Crippen LogP contribution in [-0.2, 0) is 9.53 Å². The SMILES string of the molecule is C=C(CC1(C(=O)C(CCC(C)C)C(C)=S)CCOC1)C(C)C. The number of carbonyl (C=O) groups excluding carboxylic acids is 1. The Kier molecular flexibility index (Phi) is 7.40. The van der Waals surface area contributed by atoms with Crippen molar-refractivity contribution in [1.82, 2.24) is 0 Å². The first-order valence-corrected chi connectivity index (χ1v) is 8.90. The highest BCUT2D eigenvalue weighted by Crippen LogP contribution is 2.41. The molecule has 1 saturated heterocycles. The zero-order chi connectivity index (χ0) is 16.9. The van der Waals surface area contributed by atoms with Gasteiger partial charge in [0.1, 0.15) is 5.78 Å². The van der Waals surface area contributed by atoms with Crippen LogP contribution in [-0.4, -0.2) is 23.9 Å². The third-order valence-corrected chi connectivity index (χ3v) is 5.13. The van der Waals surface area contributed by atoms with Gasteiger partial charge < -0.3 is 4.74 Å². The van der Waals surface area contributed by atoms with Gasteiger partial charge in [-0.2, -0.15) is 0 Å². The van der Waals surface area contributed by atoms with Crippen molar-refractivity contribution in [3.63, 3.8) is 0 Å². The van der Waals surface area contributed by atoms with Gasteiger partial charge in [0.15, 0.2) is 0 Å². The molecular formula is C19H32O2S. The number of hydrogen-bond donors (Lipinski definition) is 0. The van der Waals surface area contributed by atoms with E-state index in [-0.39, 0.29) is 5.92 Å². The monoisotopic (exact) mass is 324 g/mol. The number of ether oxygens (including phenoxy) is 1. The number of carbonyl (C=O) groups is 1. The molecule has 1 fully saturated rings. The molecule has 0 aromatic carbocycles. The highest BCUT2D eigenvalue weighted by Gasteiger charge is 2.45. The molecule has 1 aliphatic rings. The molecule has 1 rings (SSSR count). The predicted octanol–water partition coefficient (Wildman–Crippen LogP) is 5.01. The van der Waals surface area contributed by atoms with Gasteiger partial charge in [0, 0.05) is 17.4 Å². The molecule has 126 valence electrons. The van der Waals surface area contributed by atoms with Crippen LogP contribution >= 0.6 is 12.2 Å². The normalized spacial score (nSPS) is 23.0. The third-order valence-electron chi connectivity index (χ3n) is 4.85. The van der Waals surface area contributed by atoms with Crippen LogP contribution in [0.25, 0.3) is 0 Å². The average molecular weight is 325 g/mol. The van der Waals surface area contributed by atoms with Gasteiger partial charge in [-0.3, -0.25) is 4.79 Å². The lowest BCUT2D eigenvalue weighted by atomic mass is 9.70. The van der Waals surface area contributed by atoms with Crippen LogP contribution < -0.4 is 0 Å². The quantitative estimate of drug-likeness (QED) is 0.441. The molecule has 0 saturated carbocycles. The molecule has 1 heterocycles. The van der Waals surface area contributed by atoms with Gasteiger partial charge >= 0.3 is 0 Å². The molecule has 0 N–H and O–H groups in total. The van der Waals surface area contributed by atoms with Crippen molar-refractivity contribution >= 4 is 22.9 Å². The highest BCUT2D eigenvalue weighted by atomic mass is 32.1. The third kappa shape index (κ3) is 4.99. The Labute approximate surface area is 141 Å². The fourth-order valence-corrected chi connectivity index (χ4v) is 3.28. The molecular weight excluding hydrogens is 292 g/mol. The first kappa shape index (κ1) is 19.5. The van der Waals surface area contributed by atoms with Gasteiger partial charge in [-0.05, 0) is 44.4 Å². The molecule has 0 amide bonds. The second-order valence-electron chi connectivity index (χ2n) is 7.57. The summed E-state index contributed by atoms with van der Waals surface area (Å²) in [7, 11) is 0. The summed E-state index contributed by atoms with van der Waals surface area (Å²) in [5.41, 5.74) is 0.742. The summed E-state index contributed by atoms with van der Waals surface area (Å²) < 4.78 is 5.61. The standard InChI is InChI=1S/C19H32O2S/c1-13(2)7-8-17(16(6)22)18(20)19(9-10-21-12-19)11-15(5)14(3)4/h13-14,17H,5,7-12H2,1-4,6H3. The average Bonchev–Trinajstić information content (AvgIpc) is 2.87. The van der Waals surface area contributed by atoms with Gasteiger partial charge in [0.25, 0.3) is 0 Å². The summed E-state index contributed by atoms with van der Waals surface area (Å²) in [6.07, 6.45) is 3.44. The number of rotatable bonds is 9. The number of ketones is 1. The van der Waals surface area contributed by atoms with Gasteiger partial charge in [0.2, 0.25) is 0 Å². The number of hydrogen-bond acceptors (Lipinski definition) is 3. The van der Waals surface area contributed by atoms with Crippen molar-refractivity contribution in [2.24, 2.45) is 23.2 Å². The summed E-state index contributed by atoms with van der Waals surface area (Å²) >= 11 is 5.41. The van der Waals surface area contributed by atoms with Crippen LogP contribution in [0.2, 0.25) is 0 Å². The lowest BCUT2D eigenvalue weighted by Gasteiger charge is -2.32. The maximum absolute atomic E-state index is 13.3. The Hall–Kier alpha value is -0.540. The van der Waals surface area contributed by atoms with Crippen LogP contribution in [0.5, 0.6) is 0 Å². The molecule has 0 spiro atoms. The predicted molar refractivity (Wildman–Crippen MR) is 97.3 cm³/mol. The van der Waals surface area contributed by atoms with E-state index < -0.39 is 5.41 Å². The summed E-state index contributed by atoms with van der Waals surface area (Å²) in [6.45, 7) is 15.9. The summed E-state index contributed by atoms with van der Waals surface area (Å²) in [5, 5.41) is 0. The second-order valence-corrected chi connectivity index (χ2v) is 8.22. The highest BCUT2D eigenvalue weighted by molar-refractivity contribution is 7.80. The van der Waals surface area contributed by atoms with Crippen molar-refractivity contribution in [3.05, 3.63) is 12.2 Å². The summed E-state index contributed by atoms with van der Waals surface area (Å²) in [6, 6.07) is 0. The van der Waals surface area contributed by atoms with Gasteiger partial charge in [-0.1, -0.05) is 52.1 Å². The maximum Gasteiger partial charge on any atom is 0.149 e. The minimum atomic E-state index is -0.400. The molecule has 0 radical (unpaired) electrons. The topological polar surface area (TPSA) is 26.3 Å². The molecule has 1 aliphatic heterocycles. The van der Waals surface area contributed by atoms with Crippen LogP contribution in [0.1, 0.15) is 60.3 Å². The van der Waals surface area contributed by atoms with E-state index in [1.807, 2.05) is 6.92 Å². The Bertz CT molecular complexity index is 417. The molecule has 22 heavy (non-hydrogen) atoms. The zero-order valence-electron chi connectivity index (χ0n) is 14.9. The number of allylic oxidation sites excluding steroid dienone is 1. The Morgan fingerprint density at radius 2 is 1.91 bits per heavy atom. The first-order chi connectivity index (χ1) is 10.2. The Morgan fingerprint density at radius 3 is 2.32 bits per heavy atom. The molecule has 2 nitrogen and oxygen atoms in total. The minimum Gasteiger partial charge on any atom is -0.380 e. The summed E-state index contributed by atoms with van der Waals surface area (Å²) in [5.74, 6) is 1.16. The Morgan fingerprint density at radius 1 is 1.27 bits per heavy atom. The van der Waals surface area contributed by atoms with Crippen LogP contribution in [0.4, 0.5) is 0 Å². The van der Waals surface area contributed by atoms with Gasteiger partial charge in [-0.25, -0.2) is 0 Å². The van der Waals surface area contributed by atoms with Crippen molar-refractivity contribution in [2.45, 2.75) is 60.3 Å². The van der Waals surface area contributed by atoms with Crippen molar-refractivity contribution in [3.8, 4) is 0 Å². The fraction of sp³-hybridized carbons (Fsp3) is 0.789. The molecule has 0 aromatic rings. The maximum atomic E-state index is 13.3. The first-order valence-electron chi connectivity index (χ1n) is 8.50. The van der Waals surface area contributed by atoms with E-state index in [1.165, 1.54) is 0 Å².